The van der Waals surface area contributed by atoms with Crippen molar-refractivity contribution >= 4 is 11.3 Å². The van der Waals surface area contributed by atoms with E-state index >= 15 is 0 Å². The van der Waals surface area contributed by atoms with Gasteiger partial charge in [-0.15, -0.1) is 11.3 Å². The van der Waals surface area contributed by atoms with E-state index in [1.807, 2.05) is 13.1 Å². The maximum atomic E-state index is 6.31. The van der Waals surface area contributed by atoms with Crippen molar-refractivity contribution in [3.8, 4) is 0 Å². The zero-order chi connectivity index (χ0) is 11.8. The van der Waals surface area contributed by atoms with Crippen molar-refractivity contribution in [1.82, 2.24) is 4.98 Å². The molecule has 1 saturated carbocycles. The number of thiazole rings is 1. The lowest BCUT2D eigenvalue weighted by atomic mass is 10.1. The predicted octanol–water partition coefficient (Wildman–Crippen LogP) is 3.26. The Kier molecular flexibility index (Phi) is 2.73. The second-order valence-electron chi connectivity index (χ2n) is 4.72. The van der Waals surface area contributed by atoms with Crippen LogP contribution in [0.3, 0.4) is 0 Å². The zero-order valence-electron chi connectivity index (χ0n) is 9.84. The van der Waals surface area contributed by atoms with E-state index in [0.717, 1.165) is 5.01 Å². The fourth-order valence-electron chi connectivity index (χ4n) is 2.44. The number of nitrogens with zero attached hydrogens (tertiary/aromatic N) is 1. The van der Waals surface area contributed by atoms with E-state index in [2.05, 4.69) is 35.3 Å². The maximum Gasteiger partial charge on any atom is 0.0897 e. The van der Waals surface area contributed by atoms with Crippen molar-refractivity contribution in [2.75, 3.05) is 0 Å². The lowest BCUT2D eigenvalue weighted by Crippen LogP contribution is -2.11. The molecule has 3 unspecified atom stereocenters. The quantitative estimate of drug-likeness (QED) is 0.900. The van der Waals surface area contributed by atoms with Gasteiger partial charge in [0.25, 0.3) is 0 Å². The number of rotatable bonds is 3. The molecule has 0 amide bonds. The Morgan fingerprint density at radius 3 is 2.76 bits per heavy atom. The molecule has 0 aliphatic heterocycles. The van der Waals surface area contributed by atoms with Crippen molar-refractivity contribution < 1.29 is 0 Å². The van der Waals surface area contributed by atoms with Gasteiger partial charge in [-0.3, -0.25) is 0 Å². The van der Waals surface area contributed by atoms with Crippen molar-refractivity contribution in [3.05, 3.63) is 52.0 Å². The summed E-state index contributed by atoms with van der Waals surface area (Å²) in [6.45, 7) is 2.03. The smallest absolute Gasteiger partial charge is 0.0897 e. The predicted molar refractivity (Wildman–Crippen MR) is 71.1 cm³/mol. The van der Waals surface area contributed by atoms with Crippen LogP contribution in [0.25, 0.3) is 0 Å². The van der Waals surface area contributed by atoms with Gasteiger partial charge in [0, 0.05) is 17.1 Å². The number of aromatic nitrogens is 1. The van der Waals surface area contributed by atoms with Crippen LogP contribution in [-0.4, -0.2) is 4.98 Å². The highest BCUT2D eigenvalue weighted by molar-refractivity contribution is 7.11. The molecule has 0 saturated heterocycles. The van der Waals surface area contributed by atoms with Crippen LogP contribution in [0.5, 0.6) is 0 Å². The lowest BCUT2D eigenvalue weighted by molar-refractivity contribution is 0.625. The summed E-state index contributed by atoms with van der Waals surface area (Å²) in [6.07, 6.45) is 3.15. The lowest BCUT2D eigenvalue weighted by Gasteiger charge is -2.08. The molecule has 3 heteroatoms. The molecule has 0 radical (unpaired) electrons. The van der Waals surface area contributed by atoms with Crippen LogP contribution in [0.15, 0.2) is 36.5 Å². The molecule has 3 atom stereocenters. The minimum atomic E-state index is 0.159. The van der Waals surface area contributed by atoms with Crippen molar-refractivity contribution in [1.29, 1.82) is 0 Å². The van der Waals surface area contributed by atoms with Gasteiger partial charge in [-0.2, -0.15) is 0 Å². The highest BCUT2D eigenvalue weighted by atomic mass is 32.1. The Morgan fingerprint density at radius 1 is 1.35 bits per heavy atom. The van der Waals surface area contributed by atoms with Gasteiger partial charge in [-0.05, 0) is 30.7 Å². The fourth-order valence-corrected chi connectivity index (χ4v) is 3.30. The molecule has 1 aromatic heterocycles. The molecule has 0 spiro atoms. The molecule has 2 nitrogen and oxygen atoms in total. The first-order valence-corrected chi connectivity index (χ1v) is 6.80. The highest BCUT2D eigenvalue weighted by Crippen LogP contribution is 2.53. The van der Waals surface area contributed by atoms with E-state index in [4.69, 9.17) is 5.73 Å². The molecular formula is C14H16N2S. The van der Waals surface area contributed by atoms with Gasteiger partial charge in [-0.1, -0.05) is 30.3 Å². The van der Waals surface area contributed by atoms with Gasteiger partial charge < -0.3 is 5.73 Å². The van der Waals surface area contributed by atoms with Crippen molar-refractivity contribution in [2.24, 2.45) is 11.7 Å². The first-order chi connectivity index (χ1) is 8.25. The van der Waals surface area contributed by atoms with Crippen LogP contribution in [0, 0.1) is 12.8 Å². The molecule has 3 rings (SSSR count). The summed E-state index contributed by atoms with van der Waals surface area (Å²) >= 11 is 1.73. The number of benzene rings is 1. The summed E-state index contributed by atoms with van der Waals surface area (Å²) in [5, 5.41) is 1.10. The molecule has 2 aromatic rings. The Morgan fingerprint density at radius 2 is 2.12 bits per heavy atom. The van der Waals surface area contributed by atoms with Crippen LogP contribution in [0.4, 0.5) is 0 Å². The number of nitrogens with two attached hydrogens (primary N) is 1. The summed E-state index contributed by atoms with van der Waals surface area (Å²) in [7, 11) is 0. The van der Waals surface area contributed by atoms with Crippen LogP contribution in [0.2, 0.25) is 0 Å². The highest BCUT2D eigenvalue weighted by Gasteiger charge is 2.43. The SMILES string of the molecule is Cc1ncc(C(N)C2CC2c2ccccc2)s1. The van der Waals surface area contributed by atoms with Gasteiger partial charge in [0.1, 0.15) is 0 Å². The van der Waals surface area contributed by atoms with Crippen LogP contribution in [-0.2, 0) is 0 Å². The van der Waals surface area contributed by atoms with E-state index in [9.17, 15) is 0 Å². The van der Waals surface area contributed by atoms with Gasteiger partial charge in [0.2, 0.25) is 0 Å². The normalized spacial score (nSPS) is 24.6. The minimum absolute atomic E-state index is 0.159. The maximum absolute atomic E-state index is 6.31. The van der Waals surface area contributed by atoms with E-state index in [0.29, 0.717) is 11.8 Å². The largest absolute Gasteiger partial charge is 0.323 e. The van der Waals surface area contributed by atoms with E-state index in [1.54, 1.807) is 11.3 Å². The summed E-state index contributed by atoms with van der Waals surface area (Å²) in [6, 6.07) is 10.8. The van der Waals surface area contributed by atoms with Crippen LogP contribution in [0.1, 0.15) is 33.8 Å². The molecule has 0 bridgehead atoms. The first kappa shape index (κ1) is 10.9. The van der Waals surface area contributed by atoms with Gasteiger partial charge in [0.05, 0.1) is 5.01 Å². The van der Waals surface area contributed by atoms with E-state index in [1.165, 1.54) is 16.9 Å². The first-order valence-electron chi connectivity index (χ1n) is 5.98. The van der Waals surface area contributed by atoms with Gasteiger partial charge >= 0.3 is 0 Å². The summed E-state index contributed by atoms with van der Waals surface area (Å²) in [4.78, 5) is 5.51. The summed E-state index contributed by atoms with van der Waals surface area (Å²) in [5.74, 6) is 1.24. The third-order valence-electron chi connectivity index (χ3n) is 3.50. The molecule has 17 heavy (non-hydrogen) atoms. The molecule has 1 aliphatic carbocycles. The second kappa shape index (κ2) is 4.24. The van der Waals surface area contributed by atoms with Crippen molar-refractivity contribution in [2.45, 2.75) is 25.3 Å². The Labute approximate surface area is 106 Å². The summed E-state index contributed by atoms with van der Waals surface area (Å²) < 4.78 is 0. The van der Waals surface area contributed by atoms with Crippen molar-refractivity contribution in [3.63, 3.8) is 0 Å². The molecule has 2 N–H and O–H groups in total. The van der Waals surface area contributed by atoms with Crippen LogP contribution >= 0.6 is 11.3 Å². The molecular weight excluding hydrogens is 228 g/mol. The van der Waals surface area contributed by atoms with E-state index < -0.39 is 0 Å². The van der Waals surface area contributed by atoms with Crippen LogP contribution < -0.4 is 5.73 Å². The second-order valence-corrected chi connectivity index (χ2v) is 5.99. The fraction of sp³-hybridized carbons (Fsp3) is 0.357. The number of hydrogen-bond donors (Lipinski definition) is 1. The third kappa shape index (κ3) is 2.13. The zero-order valence-corrected chi connectivity index (χ0v) is 10.7. The Balaban J connectivity index is 1.73. The molecule has 1 heterocycles. The topological polar surface area (TPSA) is 38.9 Å². The number of hydrogen-bond acceptors (Lipinski definition) is 3. The average molecular weight is 244 g/mol. The van der Waals surface area contributed by atoms with Gasteiger partial charge in [0.15, 0.2) is 0 Å². The standard InChI is InChI=1S/C14H16N2S/c1-9-16-8-13(17-9)14(15)12-7-11(12)10-5-3-2-4-6-10/h2-6,8,11-12,14H,7,15H2,1H3. The minimum Gasteiger partial charge on any atom is -0.323 e. The monoisotopic (exact) mass is 244 g/mol. The molecule has 88 valence electrons. The van der Waals surface area contributed by atoms with E-state index in [-0.39, 0.29) is 6.04 Å². The van der Waals surface area contributed by atoms with Gasteiger partial charge in [-0.25, -0.2) is 4.98 Å². The Bertz CT molecular complexity index is 506. The average Bonchev–Trinajstić information content (AvgIpc) is 3.05. The molecule has 1 aromatic carbocycles. The summed E-state index contributed by atoms with van der Waals surface area (Å²) in [5.41, 5.74) is 7.74. The molecule has 1 fully saturated rings. The number of aryl methyl sites for hydroxylation is 1. The Hall–Kier alpha value is -1.19. The molecule has 1 aliphatic rings. The third-order valence-corrected chi connectivity index (χ3v) is 4.51.